The van der Waals surface area contributed by atoms with E-state index in [0.29, 0.717) is 10.1 Å². The number of rotatable bonds is 3. The average molecular weight is 530 g/mol. The summed E-state index contributed by atoms with van der Waals surface area (Å²) in [6.45, 7) is 0. The summed E-state index contributed by atoms with van der Waals surface area (Å²) in [5.74, 6) is 0. The highest BCUT2D eigenvalue weighted by Crippen LogP contribution is 2.47. The van der Waals surface area contributed by atoms with Gasteiger partial charge in [0.25, 0.3) is 0 Å². The van der Waals surface area contributed by atoms with Crippen molar-refractivity contribution in [1.29, 1.82) is 0 Å². The highest BCUT2D eigenvalue weighted by Gasteiger charge is 2.33. The summed E-state index contributed by atoms with van der Waals surface area (Å²) >= 11 is 3.47. The minimum atomic E-state index is -4.37. The highest BCUT2D eigenvalue weighted by molar-refractivity contribution is 14.1. The molecule has 28 heavy (non-hydrogen) atoms. The molecule has 0 aliphatic rings. The zero-order chi connectivity index (χ0) is 20.1. The summed E-state index contributed by atoms with van der Waals surface area (Å²) in [4.78, 5) is 1.23. The Morgan fingerprint density at radius 3 is 2.11 bits per heavy atom. The molecule has 1 aromatic heterocycles. The van der Waals surface area contributed by atoms with Gasteiger partial charge in [-0.05, 0) is 24.3 Å². The Balaban J connectivity index is 1.97. The van der Waals surface area contributed by atoms with Gasteiger partial charge < -0.3 is 0 Å². The van der Waals surface area contributed by atoms with Crippen LogP contribution in [0.2, 0.25) is 0 Å². The van der Waals surface area contributed by atoms with E-state index in [9.17, 15) is 13.2 Å². The molecule has 0 radical (unpaired) electrons. The molecule has 1 heterocycles. The monoisotopic (exact) mass is 530 g/mol. The first-order valence-corrected chi connectivity index (χ1v) is 12.3. The number of hydrogen-bond donors (Lipinski definition) is 0. The lowest BCUT2D eigenvalue weighted by Gasteiger charge is -2.19. The van der Waals surface area contributed by atoms with Gasteiger partial charge in [0.05, 0.1) is 38.8 Å². The van der Waals surface area contributed by atoms with Crippen molar-refractivity contribution in [2.75, 3.05) is 15.6 Å². The van der Waals surface area contributed by atoms with Gasteiger partial charge in [-0.25, -0.2) is 0 Å². The summed E-state index contributed by atoms with van der Waals surface area (Å²) < 4.78 is 43.7. The van der Waals surface area contributed by atoms with Gasteiger partial charge in [0.1, 0.15) is 18.2 Å². The third-order valence-corrected chi connectivity index (χ3v) is 8.08. The molecule has 144 valence electrons. The molecule has 0 spiro atoms. The van der Waals surface area contributed by atoms with Gasteiger partial charge in [-0.1, -0.05) is 36.4 Å². The predicted molar refractivity (Wildman–Crippen MR) is 124 cm³/mol. The lowest BCUT2D eigenvalue weighted by molar-refractivity contribution is -0.136. The van der Waals surface area contributed by atoms with Crippen LogP contribution in [0.5, 0.6) is 0 Å². The van der Waals surface area contributed by atoms with Gasteiger partial charge in [0.2, 0.25) is 0 Å². The molecule has 4 aromatic rings. The smallest absolute Gasteiger partial charge is 0.276 e. The van der Waals surface area contributed by atoms with Crippen LogP contribution in [0.1, 0.15) is 5.56 Å². The van der Waals surface area contributed by atoms with Gasteiger partial charge in [-0.3, -0.25) is 3.11 Å². The van der Waals surface area contributed by atoms with E-state index < -0.39 is 11.7 Å². The van der Waals surface area contributed by atoms with Crippen molar-refractivity contribution in [3.8, 4) is 0 Å². The minimum absolute atomic E-state index is 0.0594. The van der Waals surface area contributed by atoms with Crippen molar-refractivity contribution in [3.63, 3.8) is 0 Å². The summed E-state index contributed by atoms with van der Waals surface area (Å²) in [5.41, 5.74) is 1.41. The van der Waals surface area contributed by atoms with Crippen LogP contribution in [0.4, 0.5) is 24.5 Å². The highest BCUT2D eigenvalue weighted by atomic mass is 127. The van der Waals surface area contributed by atoms with E-state index in [1.165, 1.54) is 22.3 Å². The third-order valence-electron chi connectivity index (χ3n) is 4.54. The molecule has 0 bridgehead atoms. The van der Waals surface area contributed by atoms with Crippen LogP contribution in [0.15, 0.2) is 65.6 Å². The second-order valence-corrected chi connectivity index (χ2v) is 10.6. The first-order valence-electron chi connectivity index (χ1n) is 8.43. The summed E-state index contributed by atoms with van der Waals surface area (Å²) in [6, 6.07) is 18.4. The zero-order valence-electron chi connectivity index (χ0n) is 15.0. The lowest BCUT2D eigenvalue weighted by Crippen LogP contribution is -2.07. The molecular weight excluding hydrogens is 514 g/mol. The van der Waals surface area contributed by atoms with Crippen LogP contribution in [-0.4, -0.2) is 12.5 Å². The molecule has 0 amide bonds. The van der Waals surface area contributed by atoms with Crippen LogP contribution in [0, 0.1) is 0 Å². The molecule has 0 atom stereocenters. The standard InChI is InChI=1S/C21H16F3INS2/c1-28(2)18-12-4-3-10-16(18)26(25)17-11-6-8-14-13-7-5-9-15(21(22,23)24)19(13)27-20(14)17/h3-12H,1-2H3/q+1. The molecule has 0 saturated heterocycles. The molecule has 7 heteroatoms. The number of nitrogens with zero attached hydrogens (tertiary/aromatic N) is 1. The van der Waals surface area contributed by atoms with Gasteiger partial charge in [-0.2, -0.15) is 13.2 Å². The van der Waals surface area contributed by atoms with E-state index in [4.69, 9.17) is 0 Å². The van der Waals surface area contributed by atoms with E-state index in [1.54, 1.807) is 6.07 Å². The molecule has 1 nitrogen and oxygen atoms in total. The number of fused-ring (bicyclic) bond motifs is 3. The van der Waals surface area contributed by atoms with Gasteiger partial charge in [0.15, 0.2) is 4.90 Å². The van der Waals surface area contributed by atoms with Crippen LogP contribution < -0.4 is 3.11 Å². The SMILES string of the molecule is C[S+](C)c1ccccc1N(I)c1cccc2c1sc1c(C(F)(F)F)cccc12. The molecular formula is C21H16F3INS2+. The zero-order valence-corrected chi connectivity index (χ0v) is 18.8. The number of hydrogen-bond acceptors (Lipinski definition) is 2. The van der Waals surface area contributed by atoms with Crippen molar-refractivity contribution in [2.45, 2.75) is 11.1 Å². The predicted octanol–water partition coefficient (Wildman–Crippen LogP) is 7.80. The summed E-state index contributed by atoms with van der Waals surface area (Å²) in [5, 5.41) is 1.51. The lowest BCUT2D eigenvalue weighted by atomic mass is 10.1. The Morgan fingerprint density at radius 1 is 0.821 bits per heavy atom. The fourth-order valence-corrected chi connectivity index (χ4v) is 6.69. The Kier molecular flexibility index (Phi) is 5.26. The van der Waals surface area contributed by atoms with Crippen LogP contribution in [-0.2, 0) is 17.1 Å². The maximum absolute atomic E-state index is 13.5. The Bertz CT molecular complexity index is 1170. The Labute approximate surface area is 182 Å². The molecule has 0 unspecified atom stereocenters. The first-order chi connectivity index (χ1) is 13.3. The molecule has 4 rings (SSSR count). The quantitative estimate of drug-likeness (QED) is 0.148. The second kappa shape index (κ2) is 7.42. The number of para-hydroxylation sites is 1. The maximum atomic E-state index is 13.5. The summed E-state index contributed by atoms with van der Waals surface area (Å²) in [7, 11) is 0.0594. The molecule has 0 fully saturated rings. The number of alkyl halides is 3. The average Bonchev–Trinajstić information content (AvgIpc) is 3.05. The van der Waals surface area contributed by atoms with Crippen molar-refractivity contribution in [3.05, 3.63) is 66.2 Å². The number of benzene rings is 3. The van der Waals surface area contributed by atoms with Gasteiger partial charge >= 0.3 is 6.18 Å². The Hall–Kier alpha value is -1.45. The Morgan fingerprint density at radius 2 is 1.43 bits per heavy atom. The third kappa shape index (κ3) is 3.37. The van der Waals surface area contributed by atoms with Gasteiger partial charge in [-0.15, -0.1) is 11.3 Å². The van der Waals surface area contributed by atoms with E-state index in [1.807, 2.05) is 30.3 Å². The normalized spacial score (nSPS) is 12.2. The molecule has 0 aliphatic carbocycles. The first kappa shape index (κ1) is 19.8. The van der Waals surface area contributed by atoms with Crippen molar-refractivity contribution in [2.24, 2.45) is 0 Å². The van der Waals surface area contributed by atoms with Crippen LogP contribution in [0.25, 0.3) is 20.2 Å². The van der Waals surface area contributed by atoms with Crippen molar-refractivity contribution < 1.29 is 13.2 Å². The molecule has 0 N–H and O–H groups in total. The number of halogens is 4. The van der Waals surface area contributed by atoms with E-state index in [-0.39, 0.29) is 10.9 Å². The number of anilines is 2. The van der Waals surface area contributed by atoms with E-state index >= 15 is 0 Å². The van der Waals surface area contributed by atoms with Crippen LogP contribution in [0.3, 0.4) is 0 Å². The van der Waals surface area contributed by atoms with Crippen molar-refractivity contribution in [1.82, 2.24) is 0 Å². The summed E-state index contributed by atoms with van der Waals surface area (Å²) in [6.07, 6.45) is -0.0339. The fraction of sp³-hybridized carbons (Fsp3) is 0.143. The molecule has 3 aromatic carbocycles. The van der Waals surface area contributed by atoms with E-state index in [0.717, 1.165) is 27.5 Å². The largest absolute Gasteiger partial charge is 0.417 e. The van der Waals surface area contributed by atoms with Gasteiger partial charge in [0, 0.05) is 26.4 Å². The van der Waals surface area contributed by atoms with Crippen molar-refractivity contribution >= 4 is 76.6 Å². The maximum Gasteiger partial charge on any atom is 0.417 e. The molecule has 0 aliphatic heterocycles. The fourth-order valence-electron chi connectivity index (χ4n) is 3.28. The topological polar surface area (TPSA) is 3.24 Å². The minimum Gasteiger partial charge on any atom is -0.276 e. The second-order valence-electron chi connectivity index (χ2n) is 6.50. The van der Waals surface area contributed by atoms with E-state index in [2.05, 4.69) is 50.6 Å². The molecule has 0 saturated carbocycles. The van der Waals surface area contributed by atoms with Crippen LogP contribution >= 0.6 is 34.2 Å². The number of thiophene rings is 1.